The molecular formula is C16H10ClN3O. The highest BCUT2D eigenvalue weighted by molar-refractivity contribution is 6.35. The van der Waals surface area contributed by atoms with Crippen molar-refractivity contribution in [2.45, 2.75) is 0 Å². The number of hydrogen-bond acceptors (Lipinski definition) is 4. The zero-order valence-corrected chi connectivity index (χ0v) is 11.6. The van der Waals surface area contributed by atoms with E-state index in [9.17, 15) is 0 Å². The summed E-state index contributed by atoms with van der Waals surface area (Å²) in [7, 11) is 0. The van der Waals surface area contributed by atoms with Crippen LogP contribution in [0.4, 0.5) is 5.69 Å². The van der Waals surface area contributed by atoms with Crippen molar-refractivity contribution >= 4 is 28.2 Å². The van der Waals surface area contributed by atoms with Gasteiger partial charge in [0.1, 0.15) is 5.52 Å². The molecule has 0 fully saturated rings. The van der Waals surface area contributed by atoms with Crippen LogP contribution in [-0.2, 0) is 0 Å². The third-order valence-electron chi connectivity index (χ3n) is 3.04. The molecule has 1 aromatic heterocycles. The van der Waals surface area contributed by atoms with Gasteiger partial charge in [0, 0.05) is 11.6 Å². The minimum Gasteiger partial charge on any atom is -0.453 e. The molecule has 3 aromatic rings. The lowest BCUT2D eigenvalue weighted by Gasteiger charge is -2.11. The van der Waals surface area contributed by atoms with Crippen LogP contribution in [0.2, 0.25) is 5.02 Å². The molecule has 2 N–H and O–H groups in total. The zero-order chi connectivity index (χ0) is 14.8. The van der Waals surface area contributed by atoms with Crippen LogP contribution < -0.4 is 10.5 Å². The zero-order valence-electron chi connectivity index (χ0n) is 10.9. The molecule has 102 valence electrons. The third-order valence-corrected chi connectivity index (χ3v) is 3.37. The first-order valence-electron chi connectivity index (χ1n) is 6.20. The molecule has 21 heavy (non-hydrogen) atoms. The lowest BCUT2D eigenvalue weighted by Crippen LogP contribution is -1.94. The molecule has 0 aliphatic heterocycles. The number of nitrogens with two attached hydrogens (primary N) is 1. The maximum Gasteiger partial charge on any atom is 0.153 e. The molecule has 0 radical (unpaired) electrons. The summed E-state index contributed by atoms with van der Waals surface area (Å²) in [6.45, 7) is 0. The topological polar surface area (TPSA) is 71.9 Å². The van der Waals surface area contributed by atoms with Gasteiger partial charge in [0.25, 0.3) is 0 Å². The summed E-state index contributed by atoms with van der Waals surface area (Å²) in [5.41, 5.74) is 7.44. The molecule has 0 bridgehead atoms. The average molecular weight is 296 g/mol. The van der Waals surface area contributed by atoms with Gasteiger partial charge in [0.05, 0.1) is 22.3 Å². The normalized spacial score (nSPS) is 10.3. The number of pyridine rings is 1. The van der Waals surface area contributed by atoms with Crippen molar-refractivity contribution in [1.29, 1.82) is 5.26 Å². The van der Waals surface area contributed by atoms with Crippen LogP contribution in [0.15, 0.2) is 48.7 Å². The Morgan fingerprint density at radius 1 is 1.14 bits per heavy atom. The van der Waals surface area contributed by atoms with E-state index < -0.39 is 0 Å². The van der Waals surface area contributed by atoms with Gasteiger partial charge in [-0.2, -0.15) is 5.26 Å². The summed E-state index contributed by atoms with van der Waals surface area (Å²) in [6, 6.07) is 14.1. The molecule has 0 atom stereocenters. The maximum atomic E-state index is 8.84. The van der Waals surface area contributed by atoms with Crippen LogP contribution in [-0.4, -0.2) is 4.98 Å². The Balaban J connectivity index is 2.07. The molecule has 3 rings (SSSR count). The van der Waals surface area contributed by atoms with E-state index in [4.69, 9.17) is 27.3 Å². The van der Waals surface area contributed by atoms with Crippen LogP contribution >= 0.6 is 11.6 Å². The van der Waals surface area contributed by atoms with E-state index in [-0.39, 0.29) is 0 Å². The van der Waals surface area contributed by atoms with E-state index in [0.717, 1.165) is 5.39 Å². The number of fused-ring (bicyclic) bond motifs is 1. The fourth-order valence-electron chi connectivity index (χ4n) is 2.02. The van der Waals surface area contributed by atoms with Crippen molar-refractivity contribution in [3.05, 3.63) is 59.2 Å². The fraction of sp³-hybridized carbons (Fsp3) is 0. The van der Waals surface area contributed by atoms with E-state index in [2.05, 4.69) is 4.98 Å². The highest BCUT2D eigenvalue weighted by Crippen LogP contribution is 2.34. The first kappa shape index (κ1) is 13.2. The number of hydrogen-bond donors (Lipinski definition) is 1. The summed E-state index contributed by atoms with van der Waals surface area (Å²) < 4.78 is 5.82. The lowest BCUT2D eigenvalue weighted by atomic mass is 10.2. The molecule has 0 spiro atoms. The van der Waals surface area contributed by atoms with E-state index in [0.29, 0.717) is 33.3 Å². The van der Waals surface area contributed by atoms with Crippen LogP contribution in [0.25, 0.3) is 10.9 Å². The molecule has 0 saturated carbocycles. The second-order valence-corrected chi connectivity index (χ2v) is 4.82. The van der Waals surface area contributed by atoms with Crippen LogP contribution in [0, 0.1) is 11.3 Å². The van der Waals surface area contributed by atoms with Gasteiger partial charge in [0.15, 0.2) is 11.5 Å². The van der Waals surface area contributed by atoms with Crippen molar-refractivity contribution in [3.63, 3.8) is 0 Å². The predicted octanol–water partition coefficient (Wildman–Crippen LogP) is 4.13. The number of aromatic nitrogens is 1. The summed E-state index contributed by atoms with van der Waals surface area (Å²) in [4.78, 5) is 4.30. The predicted molar refractivity (Wildman–Crippen MR) is 82.4 cm³/mol. The van der Waals surface area contributed by atoms with Crippen molar-refractivity contribution in [2.24, 2.45) is 0 Å². The number of nitrogen functional groups attached to an aromatic ring is 1. The third kappa shape index (κ3) is 2.47. The number of anilines is 1. The summed E-state index contributed by atoms with van der Waals surface area (Å²) in [5, 5.41) is 10.3. The molecule has 2 aromatic carbocycles. The first-order valence-corrected chi connectivity index (χ1v) is 6.57. The van der Waals surface area contributed by atoms with Gasteiger partial charge in [-0.15, -0.1) is 0 Å². The molecule has 0 saturated heterocycles. The van der Waals surface area contributed by atoms with E-state index in [1.807, 2.05) is 18.2 Å². The Morgan fingerprint density at radius 3 is 2.71 bits per heavy atom. The van der Waals surface area contributed by atoms with Gasteiger partial charge in [-0.25, -0.2) is 0 Å². The average Bonchev–Trinajstić information content (AvgIpc) is 2.52. The fourth-order valence-corrected chi connectivity index (χ4v) is 2.24. The molecule has 0 aliphatic carbocycles. The maximum absolute atomic E-state index is 8.84. The Bertz CT molecular complexity index is 871. The molecule has 0 amide bonds. The Labute approximate surface area is 126 Å². The minimum absolute atomic E-state index is 0.396. The molecule has 0 aliphatic rings. The Kier molecular flexibility index (Phi) is 3.35. The van der Waals surface area contributed by atoms with Gasteiger partial charge < -0.3 is 10.5 Å². The van der Waals surface area contributed by atoms with Gasteiger partial charge >= 0.3 is 0 Å². The largest absolute Gasteiger partial charge is 0.453 e. The number of halogens is 1. The molecular weight excluding hydrogens is 286 g/mol. The van der Waals surface area contributed by atoms with Crippen molar-refractivity contribution in [1.82, 2.24) is 4.98 Å². The summed E-state index contributed by atoms with van der Waals surface area (Å²) >= 11 is 6.15. The highest BCUT2D eigenvalue weighted by Gasteiger charge is 2.09. The highest BCUT2D eigenvalue weighted by atomic mass is 35.5. The molecule has 1 heterocycles. The lowest BCUT2D eigenvalue weighted by molar-refractivity contribution is 0.489. The number of ether oxygens (including phenoxy) is 1. The SMILES string of the molecule is N#Cc1ccc(Oc2ccc(Cl)c3cccnc23)c(N)c1. The van der Waals surface area contributed by atoms with Crippen LogP contribution in [0.5, 0.6) is 11.5 Å². The van der Waals surface area contributed by atoms with E-state index >= 15 is 0 Å². The number of benzene rings is 2. The molecule has 0 unspecified atom stereocenters. The number of rotatable bonds is 2. The monoisotopic (exact) mass is 295 g/mol. The van der Waals surface area contributed by atoms with Crippen molar-refractivity contribution < 1.29 is 4.74 Å². The van der Waals surface area contributed by atoms with E-state index in [1.165, 1.54) is 0 Å². The van der Waals surface area contributed by atoms with Crippen molar-refractivity contribution in [2.75, 3.05) is 5.73 Å². The first-order chi connectivity index (χ1) is 10.2. The van der Waals surface area contributed by atoms with Gasteiger partial charge in [-0.05, 0) is 42.5 Å². The number of nitriles is 1. The Morgan fingerprint density at radius 2 is 1.95 bits per heavy atom. The molecule has 4 nitrogen and oxygen atoms in total. The van der Waals surface area contributed by atoms with Gasteiger partial charge in [-0.1, -0.05) is 11.6 Å². The standard InChI is InChI=1S/C16H10ClN3O/c17-12-4-6-15(16-11(12)2-1-7-20-16)21-14-5-3-10(9-18)8-13(14)19/h1-8H,19H2. The number of nitrogens with zero attached hydrogens (tertiary/aromatic N) is 2. The van der Waals surface area contributed by atoms with Crippen LogP contribution in [0.3, 0.4) is 0 Å². The van der Waals surface area contributed by atoms with Gasteiger partial charge in [0.2, 0.25) is 0 Å². The van der Waals surface area contributed by atoms with Crippen LogP contribution in [0.1, 0.15) is 5.56 Å². The van der Waals surface area contributed by atoms with Crippen molar-refractivity contribution in [3.8, 4) is 17.6 Å². The van der Waals surface area contributed by atoms with Gasteiger partial charge in [-0.3, -0.25) is 4.98 Å². The second kappa shape index (κ2) is 5.31. The Hall–Kier alpha value is -2.77. The quantitative estimate of drug-likeness (QED) is 0.721. The molecule has 5 heteroatoms. The smallest absolute Gasteiger partial charge is 0.153 e. The second-order valence-electron chi connectivity index (χ2n) is 4.41. The minimum atomic E-state index is 0.396. The summed E-state index contributed by atoms with van der Waals surface area (Å²) in [5.74, 6) is 1.04. The van der Waals surface area contributed by atoms with E-state index in [1.54, 1.807) is 36.5 Å². The summed E-state index contributed by atoms with van der Waals surface area (Å²) in [6.07, 6.45) is 1.67.